The highest BCUT2D eigenvalue weighted by Crippen LogP contribution is 2.33. The highest BCUT2D eigenvalue weighted by atomic mass is 16.5. The lowest BCUT2D eigenvalue weighted by molar-refractivity contribution is -0.0357. The van der Waals surface area contributed by atoms with Crippen molar-refractivity contribution in [1.82, 2.24) is 15.5 Å². The van der Waals surface area contributed by atoms with E-state index in [4.69, 9.17) is 9.47 Å². The van der Waals surface area contributed by atoms with E-state index in [1.165, 1.54) is 19.3 Å². The van der Waals surface area contributed by atoms with Crippen LogP contribution in [0, 0.1) is 0 Å². The molecule has 2 amide bonds. The number of hydrogen-bond donors (Lipinski definition) is 2. The normalized spacial score (nSPS) is 20.0. The minimum Gasteiger partial charge on any atom is -0.491 e. The van der Waals surface area contributed by atoms with E-state index in [9.17, 15) is 4.79 Å². The zero-order chi connectivity index (χ0) is 19.8. The van der Waals surface area contributed by atoms with Crippen LogP contribution in [0.4, 0.5) is 4.79 Å². The molecule has 1 saturated heterocycles. The van der Waals surface area contributed by atoms with Crippen LogP contribution in [0.15, 0.2) is 24.3 Å². The first-order valence-electron chi connectivity index (χ1n) is 10.7. The summed E-state index contributed by atoms with van der Waals surface area (Å²) >= 11 is 0. The summed E-state index contributed by atoms with van der Waals surface area (Å²) in [4.78, 5) is 15.0. The van der Waals surface area contributed by atoms with Gasteiger partial charge in [0.2, 0.25) is 0 Å². The van der Waals surface area contributed by atoms with E-state index in [-0.39, 0.29) is 17.7 Å². The number of ether oxygens (including phenoxy) is 2. The summed E-state index contributed by atoms with van der Waals surface area (Å²) in [6.07, 6.45) is 6.26. The molecule has 1 aromatic rings. The Kier molecular flexibility index (Phi) is 7.57. The number of benzene rings is 1. The molecule has 0 aromatic heterocycles. The number of carbonyl (C=O) groups is 1. The molecule has 0 radical (unpaired) electrons. The molecular formula is C22H35N3O3. The highest BCUT2D eigenvalue weighted by molar-refractivity contribution is 5.73. The second kappa shape index (κ2) is 10.1. The van der Waals surface area contributed by atoms with Crippen LogP contribution in [0.1, 0.15) is 51.5 Å². The molecule has 1 aliphatic heterocycles. The third-order valence-electron chi connectivity index (χ3n) is 5.79. The maximum Gasteiger partial charge on any atom is 0.315 e. The summed E-state index contributed by atoms with van der Waals surface area (Å²) in [7, 11) is 0. The number of nitrogens with zero attached hydrogens (tertiary/aromatic N) is 1. The van der Waals surface area contributed by atoms with Crippen LogP contribution in [0.5, 0.6) is 5.75 Å². The smallest absolute Gasteiger partial charge is 0.315 e. The molecule has 1 aliphatic carbocycles. The van der Waals surface area contributed by atoms with Gasteiger partial charge in [0.15, 0.2) is 0 Å². The number of morpholine rings is 1. The molecule has 156 valence electrons. The number of urea groups is 1. The van der Waals surface area contributed by atoms with Crippen LogP contribution >= 0.6 is 0 Å². The van der Waals surface area contributed by atoms with Crippen molar-refractivity contribution in [3.63, 3.8) is 0 Å². The van der Waals surface area contributed by atoms with Gasteiger partial charge in [-0.15, -0.1) is 0 Å². The van der Waals surface area contributed by atoms with Crippen molar-refractivity contribution in [2.45, 2.75) is 64.1 Å². The molecule has 3 rings (SSSR count). The van der Waals surface area contributed by atoms with Gasteiger partial charge in [-0.2, -0.15) is 0 Å². The lowest BCUT2D eigenvalue weighted by atomic mass is 9.80. The molecule has 1 heterocycles. The molecule has 0 atom stereocenters. The van der Waals surface area contributed by atoms with Crippen molar-refractivity contribution in [2.24, 2.45) is 0 Å². The van der Waals surface area contributed by atoms with Crippen molar-refractivity contribution in [2.75, 3.05) is 32.8 Å². The average Bonchev–Trinajstić information content (AvgIpc) is 2.73. The van der Waals surface area contributed by atoms with Crippen molar-refractivity contribution in [3.8, 4) is 5.75 Å². The standard InChI is InChI=1S/C22H35N3O3/c1-18(2)28-20-8-6-19(7-9-20)16-23-21(26)24-17-22(10-4-3-5-11-22)25-12-14-27-15-13-25/h6-9,18H,3-5,10-17H2,1-2H3,(H2,23,24,26). The molecular weight excluding hydrogens is 354 g/mol. The fraction of sp³-hybridized carbons (Fsp3) is 0.682. The van der Waals surface area contributed by atoms with Gasteiger partial charge in [-0.25, -0.2) is 4.79 Å². The van der Waals surface area contributed by atoms with Crippen molar-refractivity contribution >= 4 is 6.03 Å². The average molecular weight is 390 g/mol. The predicted octanol–water partition coefficient (Wildman–Crippen LogP) is 3.31. The molecule has 6 nitrogen and oxygen atoms in total. The van der Waals surface area contributed by atoms with E-state index in [2.05, 4.69) is 15.5 Å². The van der Waals surface area contributed by atoms with Crippen LogP contribution in [-0.4, -0.2) is 55.4 Å². The van der Waals surface area contributed by atoms with Crippen LogP contribution in [0.25, 0.3) is 0 Å². The van der Waals surface area contributed by atoms with E-state index in [0.29, 0.717) is 13.1 Å². The first-order valence-corrected chi connectivity index (χ1v) is 10.7. The largest absolute Gasteiger partial charge is 0.491 e. The Bertz CT molecular complexity index is 606. The minimum atomic E-state index is -0.0966. The first kappa shape index (κ1) is 20.9. The van der Waals surface area contributed by atoms with Gasteiger partial charge in [0.05, 0.1) is 19.3 Å². The summed E-state index contributed by atoms with van der Waals surface area (Å²) in [5, 5.41) is 6.13. The predicted molar refractivity (Wildman–Crippen MR) is 111 cm³/mol. The number of carbonyl (C=O) groups excluding carboxylic acids is 1. The monoisotopic (exact) mass is 389 g/mol. The van der Waals surface area contributed by atoms with E-state index >= 15 is 0 Å². The zero-order valence-corrected chi connectivity index (χ0v) is 17.3. The van der Waals surface area contributed by atoms with Gasteiger partial charge in [-0.3, -0.25) is 4.90 Å². The Morgan fingerprint density at radius 3 is 2.43 bits per heavy atom. The van der Waals surface area contributed by atoms with Gasteiger partial charge < -0.3 is 20.1 Å². The van der Waals surface area contributed by atoms with E-state index in [1.54, 1.807) is 0 Å². The molecule has 6 heteroatoms. The summed E-state index contributed by atoms with van der Waals surface area (Å²) < 4.78 is 11.2. The summed E-state index contributed by atoms with van der Waals surface area (Å²) in [5.74, 6) is 0.855. The van der Waals surface area contributed by atoms with Gasteiger partial charge >= 0.3 is 6.03 Å². The summed E-state index contributed by atoms with van der Waals surface area (Å²) in [6, 6.07) is 7.79. The van der Waals surface area contributed by atoms with Gasteiger partial charge in [-0.05, 0) is 44.4 Å². The Morgan fingerprint density at radius 1 is 1.11 bits per heavy atom. The molecule has 1 aromatic carbocycles. The Labute approximate surface area is 169 Å². The van der Waals surface area contributed by atoms with Crippen molar-refractivity contribution in [3.05, 3.63) is 29.8 Å². The van der Waals surface area contributed by atoms with Crippen LogP contribution in [0.3, 0.4) is 0 Å². The van der Waals surface area contributed by atoms with Crippen molar-refractivity contribution in [1.29, 1.82) is 0 Å². The van der Waals surface area contributed by atoms with Crippen LogP contribution < -0.4 is 15.4 Å². The van der Waals surface area contributed by atoms with Crippen LogP contribution in [-0.2, 0) is 11.3 Å². The maximum atomic E-state index is 12.4. The van der Waals surface area contributed by atoms with Crippen LogP contribution in [0.2, 0.25) is 0 Å². The molecule has 28 heavy (non-hydrogen) atoms. The Hall–Kier alpha value is -1.79. The topological polar surface area (TPSA) is 62.8 Å². The Balaban J connectivity index is 1.48. The SMILES string of the molecule is CC(C)Oc1ccc(CNC(=O)NCC2(N3CCOCC3)CCCCC2)cc1. The highest BCUT2D eigenvalue weighted by Gasteiger charge is 2.38. The molecule has 0 spiro atoms. The minimum absolute atomic E-state index is 0.0925. The quantitative estimate of drug-likeness (QED) is 0.751. The van der Waals surface area contributed by atoms with Gasteiger partial charge in [0.1, 0.15) is 5.75 Å². The fourth-order valence-corrected chi connectivity index (χ4v) is 4.30. The number of rotatable bonds is 7. The third kappa shape index (κ3) is 5.85. The number of hydrogen-bond acceptors (Lipinski definition) is 4. The number of nitrogens with one attached hydrogen (secondary N) is 2. The number of amides is 2. The lowest BCUT2D eigenvalue weighted by Gasteiger charge is -2.48. The lowest BCUT2D eigenvalue weighted by Crippen LogP contribution is -2.60. The molecule has 2 N–H and O–H groups in total. The van der Waals surface area contributed by atoms with Crippen molar-refractivity contribution < 1.29 is 14.3 Å². The fourth-order valence-electron chi connectivity index (χ4n) is 4.30. The maximum absolute atomic E-state index is 12.4. The van der Waals surface area contributed by atoms with E-state index in [1.807, 2.05) is 38.1 Å². The third-order valence-corrected chi connectivity index (χ3v) is 5.79. The Morgan fingerprint density at radius 2 is 1.79 bits per heavy atom. The van der Waals surface area contributed by atoms with E-state index < -0.39 is 0 Å². The zero-order valence-electron chi connectivity index (χ0n) is 17.3. The molecule has 2 fully saturated rings. The molecule has 0 unspecified atom stereocenters. The molecule has 0 bridgehead atoms. The van der Waals surface area contributed by atoms with Gasteiger partial charge in [0, 0.05) is 31.7 Å². The first-order chi connectivity index (χ1) is 13.6. The second-order valence-electron chi connectivity index (χ2n) is 8.23. The summed E-state index contributed by atoms with van der Waals surface area (Å²) in [6.45, 7) is 8.76. The summed E-state index contributed by atoms with van der Waals surface area (Å²) in [5.41, 5.74) is 1.15. The second-order valence-corrected chi connectivity index (χ2v) is 8.23. The van der Waals surface area contributed by atoms with E-state index in [0.717, 1.165) is 50.5 Å². The molecule has 2 aliphatic rings. The van der Waals surface area contributed by atoms with Gasteiger partial charge in [0.25, 0.3) is 0 Å². The van der Waals surface area contributed by atoms with Gasteiger partial charge in [-0.1, -0.05) is 31.4 Å². The molecule has 1 saturated carbocycles.